The lowest BCUT2D eigenvalue weighted by Gasteiger charge is -2.33. The van der Waals surface area contributed by atoms with Crippen LogP contribution in [0.2, 0.25) is 0 Å². The van der Waals surface area contributed by atoms with Crippen LogP contribution in [0.1, 0.15) is 22.2 Å². The van der Waals surface area contributed by atoms with Crippen LogP contribution in [0.4, 0.5) is 10.2 Å². The number of aromatic nitrogens is 1. The van der Waals surface area contributed by atoms with E-state index in [2.05, 4.69) is 10.3 Å². The molecule has 1 aromatic heterocycles. The number of benzene rings is 1. The van der Waals surface area contributed by atoms with Crippen molar-refractivity contribution in [1.29, 1.82) is 0 Å². The molecule has 1 aliphatic heterocycles. The first-order valence-electron chi connectivity index (χ1n) is 8.01. The van der Waals surface area contributed by atoms with Crippen LogP contribution in [0.25, 0.3) is 0 Å². The summed E-state index contributed by atoms with van der Waals surface area (Å²) in [4.78, 5) is 18.9. The van der Waals surface area contributed by atoms with Gasteiger partial charge in [-0.3, -0.25) is 4.79 Å². The Bertz CT molecular complexity index is 769. The van der Waals surface area contributed by atoms with Gasteiger partial charge in [-0.15, -0.1) is 0 Å². The van der Waals surface area contributed by atoms with Gasteiger partial charge in [0.25, 0.3) is 5.91 Å². The van der Waals surface area contributed by atoms with E-state index in [0.29, 0.717) is 25.4 Å². The average Bonchev–Trinajstić information content (AvgIpc) is 2.67. The molecule has 6 nitrogen and oxygen atoms in total. The fraction of sp³-hybridized carbons (Fsp3) is 0.333. The number of halogens is 1. The molecule has 1 amide bonds. The monoisotopic (exact) mass is 345 g/mol. The highest BCUT2D eigenvalue weighted by molar-refractivity contribution is 5.97. The molecule has 1 fully saturated rings. The van der Waals surface area contributed by atoms with Gasteiger partial charge in [-0.1, -0.05) is 6.07 Å². The second kappa shape index (κ2) is 7.48. The number of nitrogens with one attached hydrogen (secondary N) is 1. The van der Waals surface area contributed by atoms with Crippen LogP contribution in [0, 0.1) is 5.82 Å². The maximum atomic E-state index is 13.6. The Kier molecular flexibility index (Phi) is 5.14. The number of hydrogen-bond acceptors (Lipinski definition) is 5. The number of anilines is 1. The van der Waals surface area contributed by atoms with Crippen molar-refractivity contribution >= 4 is 11.7 Å². The first-order chi connectivity index (χ1) is 12.1. The third kappa shape index (κ3) is 3.71. The molecule has 1 aliphatic rings. The Morgan fingerprint density at radius 1 is 1.40 bits per heavy atom. The standard InChI is InChI=1S/C18H20FN3O3/c1-20-17-5-3-4-14(21-17)16-11-22(8-9-25-16)18(23)13-10-12(19)6-7-15(13)24-2/h3-7,10,16H,8-9,11H2,1-2H3,(H,20,21)/t16-/m1/s1. The van der Waals surface area contributed by atoms with E-state index in [4.69, 9.17) is 9.47 Å². The lowest BCUT2D eigenvalue weighted by atomic mass is 10.1. The van der Waals surface area contributed by atoms with Gasteiger partial charge in [-0.25, -0.2) is 9.37 Å². The molecule has 25 heavy (non-hydrogen) atoms. The number of methoxy groups -OCH3 is 1. The molecule has 0 spiro atoms. The van der Waals surface area contributed by atoms with Crippen molar-refractivity contribution in [2.24, 2.45) is 0 Å². The van der Waals surface area contributed by atoms with Gasteiger partial charge in [0.1, 0.15) is 23.5 Å². The van der Waals surface area contributed by atoms with Crippen molar-refractivity contribution in [3.8, 4) is 5.75 Å². The molecule has 0 aliphatic carbocycles. The Morgan fingerprint density at radius 3 is 3.00 bits per heavy atom. The van der Waals surface area contributed by atoms with E-state index in [1.807, 2.05) is 18.2 Å². The van der Waals surface area contributed by atoms with Gasteiger partial charge in [-0.2, -0.15) is 0 Å². The molecule has 0 unspecified atom stereocenters. The summed E-state index contributed by atoms with van der Waals surface area (Å²) in [6.07, 6.45) is -0.328. The van der Waals surface area contributed by atoms with Crippen LogP contribution in [0.5, 0.6) is 5.75 Å². The molecule has 1 saturated heterocycles. The fourth-order valence-corrected chi connectivity index (χ4v) is 2.80. The van der Waals surface area contributed by atoms with E-state index in [-0.39, 0.29) is 17.6 Å². The predicted octanol–water partition coefficient (Wildman–Crippen LogP) is 2.48. The number of hydrogen-bond donors (Lipinski definition) is 1. The Labute approximate surface area is 145 Å². The van der Waals surface area contributed by atoms with Crippen LogP contribution >= 0.6 is 0 Å². The van der Waals surface area contributed by atoms with Crippen LogP contribution in [0.3, 0.4) is 0 Å². The zero-order valence-electron chi connectivity index (χ0n) is 14.2. The van der Waals surface area contributed by atoms with E-state index in [1.54, 1.807) is 11.9 Å². The van der Waals surface area contributed by atoms with Crippen molar-refractivity contribution < 1.29 is 18.7 Å². The lowest BCUT2D eigenvalue weighted by molar-refractivity contribution is -0.0247. The molecule has 3 rings (SSSR count). The van der Waals surface area contributed by atoms with Gasteiger partial charge in [-0.05, 0) is 30.3 Å². The van der Waals surface area contributed by atoms with Crippen LogP contribution in [0.15, 0.2) is 36.4 Å². The van der Waals surface area contributed by atoms with Crippen molar-refractivity contribution in [2.45, 2.75) is 6.10 Å². The van der Waals surface area contributed by atoms with Crippen molar-refractivity contribution in [3.05, 3.63) is 53.5 Å². The van der Waals surface area contributed by atoms with Gasteiger partial charge >= 0.3 is 0 Å². The molecule has 7 heteroatoms. The smallest absolute Gasteiger partial charge is 0.257 e. The largest absolute Gasteiger partial charge is 0.496 e. The summed E-state index contributed by atoms with van der Waals surface area (Å²) in [7, 11) is 3.25. The number of morpholine rings is 1. The van der Waals surface area contributed by atoms with Crippen molar-refractivity contribution in [1.82, 2.24) is 9.88 Å². The molecule has 1 atom stereocenters. The Hall–Kier alpha value is -2.67. The molecular formula is C18H20FN3O3. The van der Waals surface area contributed by atoms with Crippen LogP contribution in [-0.4, -0.2) is 49.6 Å². The molecule has 0 bridgehead atoms. The molecule has 132 valence electrons. The van der Waals surface area contributed by atoms with Gasteiger partial charge in [0.15, 0.2) is 0 Å². The minimum atomic E-state index is -0.475. The summed E-state index contributed by atoms with van der Waals surface area (Å²) in [5, 5.41) is 2.98. The highest BCUT2D eigenvalue weighted by atomic mass is 19.1. The highest BCUT2D eigenvalue weighted by Crippen LogP contribution is 2.26. The number of ether oxygens (including phenoxy) is 2. The average molecular weight is 345 g/mol. The number of pyridine rings is 1. The predicted molar refractivity (Wildman–Crippen MR) is 91.3 cm³/mol. The van der Waals surface area contributed by atoms with Crippen molar-refractivity contribution in [3.63, 3.8) is 0 Å². The lowest BCUT2D eigenvalue weighted by Crippen LogP contribution is -2.42. The van der Waals surface area contributed by atoms with E-state index < -0.39 is 5.82 Å². The highest BCUT2D eigenvalue weighted by Gasteiger charge is 2.28. The first-order valence-corrected chi connectivity index (χ1v) is 8.01. The van der Waals surface area contributed by atoms with Gasteiger partial charge in [0, 0.05) is 13.6 Å². The molecule has 1 aromatic carbocycles. The maximum Gasteiger partial charge on any atom is 0.257 e. The summed E-state index contributed by atoms with van der Waals surface area (Å²) >= 11 is 0. The normalized spacial score (nSPS) is 17.2. The van der Waals surface area contributed by atoms with Crippen molar-refractivity contribution in [2.75, 3.05) is 39.2 Å². The fourth-order valence-electron chi connectivity index (χ4n) is 2.80. The molecule has 2 aromatic rings. The third-order valence-corrected chi connectivity index (χ3v) is 4.10. The Morgan fingerprint density at radius 2 is 2.24 bits per heavy atom. The van der Waals surface area contributed by atoms with Gasteiger partial charge in [0.2, 0.25) is 0 Å². The molecule has 1 N–H and O–H groups in total. The quantitative estimate of drug-likeness (QED) is 0.922. The minimum absolute atomic E-state index is 0.208. The zero-order valence-corrected chi connectivity index (χ0v) is 14.2. The van der Waals surface area contributed by atoms with Crippen LogP contribution < -0.4 is 10.1 Å². The summed E-state index contributed by atoms with van der Waals surface area (Å²) in [6, 6.07) is 9.53. The number of rotatable bonds is 4. The first kappa shape index (κ1) is 17.2. The summed E-state index contributed by atoms with van der Waals surface area (Å²) < 4.78 is 24.5. The third-order valence-electron chi connectivity index (χ3n) is 4.10. The van der Waals surface area contributed by atoms with E-state index in [9.17, 15) is 9.18 Å². The van der Waals surface area contributed by atoms with E-state index in [0.717, 1.165) is 11.5 Å². The van der Waals surface area contributed by atoms with E-state index in [1.165, 1.54) is 25.3 Å². The topological polar surface area (TPSA) is 63.7 Å². The second-order valence-corrected chi connectivity index (χ2v) is 5.65. The van der Waals surface area contributed by atoms with Gasteiger partial charge < -0.3 is 19.7 Å². The molecule has 0 radical (unpaired) electrons. The van der Waals surface area contributed by atoms with Gasteiger partial charge in [0.05, 0.1) is 31.5 Å². The summed E-state index contributed by atoms with van der Waals surface area (Å²) in [5.74, 6) is 0.327. The number of carbonyl (C=O) groups is 1. The second-order valence-electron chi connectivity index (χ2n) is 5.65. The number of amides is 1. The maximum absolute atomic E-state index is 13.6. The number of carbonyl (C=O) groups excluding carboxylic acids is 1. The zero-order chi connectivity index (χ0) is 17.8. The molecule has 0 saturated carbocycles. The number of nitrogens with zero attached hydrogens (tertiary/aromatic N) is 2. The Balaban J connectivity index is 1.81. The summed E-state index contributed by atoms with van der Waals surface area (Å²) in [5.41, 5.74) is 0.954. The van der Waals surface area contributed by atoms with E-state index >= 15 is 0 Å². The minimum Gasteiger partial charge on any atom is -0.496 e. The SMILES string of the molecule is CNc1cccc([C@H]2CN(C(=O)c3cc(F)ccc3OC)CCO2)n1. The summed E-state index contributed by atoms with van der Waals surface area (Å²) in [6.45, 7) is 1.17. The molecule has 2 heterocycles. The van der Waals surface area contributed by atoms with Crippen LogP contribution in [-0.2, 0) is 4.74 Å². The molecular weight excluding hydrogens is 325 g/mol.